The van der Waals surface area contributed by atoms with Gasteiger partial charge in [0.2, 0.25) is 5.88 Å². The Morgan fingerprint density at radius 1 is 1.00 bits per heavy atom. The van der Waals surface area contributed by atoms with Crippen LogP contribution in [0.3, 0.4) is 0 Å². The van der Waals surface area contributed by atoms with Gasteiger partial charge < -0.3 is 10.1 Å². The standard InChI is InChI=1S/C17H23N3O/c1-12-6-8-15(10-13(12)2)21-16-9-7-14(19-20-16)11-18-17(3,4)5/h6-10,18H,11H2,1-5H3. The van der Waals surface area contributed by atoms with Gasteiger partial charge in [0.25, 0.3) is 0 Å². The smallest absolute Gasteiger partial charge is 0.238 e. The molecule has 0 aliphatic heterocycles. The molecule has 112 valence electrons. The van der Waals surface area contributed by atoms with Crippen LogP contribution in [0.1, 0.15) is 37.6 Å². The van der Waals surface area contributed by atoms with E-state index in [1.807, 2.05) is 30.3 Å². The Balaban J connectivity index is 2.00. The third-order valence-electron chi connectivity index (χ3n) is 3.20. The van der Waals surface area contributed by atoms with Gasteiger partial charge in [0.1, 0.15) is 5.75 Å². The molecule has 4 nitrogen and oxygen atoms in total. The van der Waals surface area contributed by atoms with E-state index < -0.39 is 0 Å². The molecule has 0 bridgehead atoms. The minimum atomic E-state index is 0.0658. The predicted molar refractivity (Wildman–Crippen MR) is 84.6 cm³/mol. The number of aryl methyl sites for hydroxylation is 2. The minimum Gasteiger partial charge on any atom is -0.438 e. The van der Waals surface area contributed by atoms with Crippen LogP contribution < -0.4 is 10.1 Å². The minimum absolute atomic E-state index is 0.0658. The molecule has 0 radical (unpaired) electrons. The molecule has 21 heavy (non-hydrogen) atoms. The molecule has 0 aliphatic rings. The maximum absolute atomic E-state index is 5.72. The van der Waals surface area contributed by atoms with E-state index >= 15 is 0 Å². The monoisotopic (exact) mass is 285 g/mol. The van der Waals surface area contributed by atoms with Crippen molar-refractivity contribution in [1.82, 2.24) is 15.5 Å². The number of benzene rings is 1. The molecule has 0 atom stereocenters. The van der Waals surface area contributed by atoms with E-state index in [9.17, 15) is 0 Å². The summed E-state index contributed by atoms with van der Waals surface area (Å²) in [5, 5.41) is 11.7. The highest BCUT2D eigenvalue weighted by atomic mass is 16.5. The maximum atomic E-state index is 5.72. The molecule has 0 unspecified atom stereocenters. The number of nitrogens with one attached hydrogen (secondary N) is 1. The van der Waals surface area contributed by atoms with Crippen LogP contribution >= 0.6 is 0 Å². The van der Waals surface area contributed by atoms with Crippen molar-refractivity contribution >= 4 is 0 Å². The zero-order chi connectivity index (χ0) is 15.5. The highest BCUT2D eigenvalue weighted by Crippen LogP contribution is 2.21. The van der Waals surface area contributed by atoms with Gasteiger partial charge in [0.05, 0.1) is 5.69 Å². The van der Waals surface area contributed by atoms with Crippen LogP contribution in [0.4, 0.5) is 0 Å². The molecule has 1 N–H and O–H groups in total. The second kappa shape index (κ2) is 6.22. The van der Waals surface area contributed by atoms with Crippen molar-refractivity contribution in [2.24, 2.45) is 0 Å². The van der Waals surface area contributed by atoms with Crippen molar-refractivity contribution in [2.75, 3.05) is 0 Å². The van der Waals surface area contributed by atoms with Crippen LogP contribution in [0.5, 0.6) is 11.6 Å². The lowest BCUT2D eigenvalue weighted by Gasteiger charge is -2.19. The molecular formula is C17H23N3O. The van der Waals surface area contributed by atoms with Crippen molar-refractivity contribution in [3.8, 4) is 11.6 Å². The first kappa shape index (κ1) is 15.4. The third kappa shape index (κ3) is 4.83. The van der Waals surface area contributed by atoms with Gasteiger partial charge in [-0.25, -0.2) is 0 Å². The maximum Gasteiger partial charge on any atom is 0.238 e. The molecule has 0 saturated carbocycles. The SMILES string of the molecule is Cc1ccc(Oc2ccc(CNC(C)(C)C)nn2)cc1C. The van der Waals surface area contributed by atoms with Crippen LogP contribution in [0.2, 0.25) is 0 Å². The second-order valence-corrected chi connectivity index (χ2v) is 6.31. The van der Waals surface area contributed by atoms with E-state index in [0.717, 1.165) is 11.4 Å². The normalized spacial score (nSPS) is 11.5. The first-order chi connectivity index (χ1) is 9.83. The number of hydrogen-bond donors (Lipinski definition) is 1. The van der Waals surface area contributed by atoms with E-state index in [1.165, 1.54) is 11.1 Å². The lowest BCUT2D eigenvalue weighted by molar-refractivity contribution is 0.416. The van der Waals surface area contributed by atoms with E-state index in [4.69, 9.17) is 4.74 Å². The molecule has 4 heteroatoms. The summed E-state index contributed by atoms with van der Waals surface area (Å²) < 4.78 is 5.72. The number of hydrogen-bond acceptors (Lipinski definition) is 4. The van der Waals surface area contributed by atoms with Crippen LogP contribution in [0.25, 0.3) is 0 Å². The molecule has 1 aromatic carbocycles. The first-order valence-corrected chi connectivity index (χ1v) is 7.16. The molecule has 0 aliphatic carbocycles. The quantitative estimate of drug-likeness (QED) is 0.928. The van der Waals surface area contributed by atoms with Gasteiger partial charge in [0.15, 0.2) is 0 Å². The average Bonchev–Trinajstić information content (AvgIpc) is 2.41. The fraction of sp³-hybridized carbons (Fsp3) is 0.412. The number of nitrogens with zero attached hydrogens (tertiary/aromatic N) is 2. The second-order valence-electron chi connectivity index (χ2n) is 6.31. The summed E-state index contributed by atoms with van der Waals surface area (Å²) >= 11 is 0. The molecule has 2 aromatic rings. The fourth-order valence-electron chi connectivity index (χ4n) is 1.75. The molecule has 2 rings (SSSR count). The topological polar surface area (TPSA) is 47.0 Å². The lowest BCUT2D eigenvalue weighted by Crippen LogP contribution is -2.35. The number of ether oxygens (including phenoxy) is 1. The van der Waals surface area contributed by atoms with E-state index in [0.29, 0.717) is 12.4 Å². The molecule has 0 fully saturated rings. The van der Waals surface area contributed by atoms with Crippen molar-refractivity contribution in [1.29, 1.82) is 0 Å². The molecular weight excluding hydrogens is 262 g/mol. The molecule has 1 heterocycles. The Bertz CT molecular complexity index is 600. The average molecular weight is 285 g/mol. The predicted octanol–water partition coefficient (Wildman–Crippen LogP) is 3.77. The summed E-state index contributed by atoms with van der Waals surface area (Å²) in [5.41, 5.74) is 3.41. The third-order valence-corrected chi connectivity index (χ3v) is 3.20. The summed E-state index contributed by atoms with van der Waals surface area (Å²) in [5.74, 6) is 1.30. The molecule has 0 spiro atoms. The molecule has 0 saturated heterocycles. The van der Waals surface area contributed by atoms with Gasteiger partial charge in [-0.1, -0.05) is 6.07 Å². The van der Waals surface area contributed by atoms with Crippen molar-refractivity contribution in [2.45, 2.75) is 46.7 Å². The Kier molecular flexibility index (Phi) is 4.58. The summed E-state index contributed by atoms with van der Waals surface area (Å²) in [7, 11) is 0. The Labute approximate surface area is 126 Å². The number of aromatic nitrogens is 2. The highest BCUT2D eigenvalue weighted by Gasteiger charge is 2.09. The van der Waals surface area contributed by atoms with E-state index in [2.05, 4.69) is 50.1 Å². The summed E-state index contributed by atoms with van der Waals surface area (Å²) in [6, 6.07) is 9.77. The van der Waals surface area contributed by atoms with Crippen LogP contribution in [0, 0.1) is 13.8 Å². The van der Waals surface area contributed by atoms with Crippen molar-refractivity contribution in [3.63, 3.8) is 0 Å². The largest absolute Gasteiger partial charge is 0.438 e. The van der Waals surface area contributed by atoms with Gasteiger partial charge in [0, 0.05) is 18.2 Å². The Morgan fingerprint density at radius 3 is 2.33 bits per heavy atom. The van der Waals surface area contributed by atoms with Crippen molar-refractivity contribution in [3.05, 3.63) is 47.2 Å². The highest BCUT2D eigenvalue weighted by molar-refractivity contribution is 5.35. The van der Waals surface area contributed by atoms with Crippen molar-refractivity contribution < 1.29 is 4.74 Å². The molecule has 1 aromatic heterocycles. The zero-order valence-electron chi connectivity index (χ0n) is 13.4. The van der Waals surface area contributed by atoms with Crippen LogP contribution in [-0.2, 0) is 6.54 Å². The zero-order valence-corrected chi connectivity index (χ0v) is 13.4. The van der Waals surface area contributed by atoms with Gasteiger partial charge >= 0.3 is 0 Å². The summed E-state index contributed by atoms with van der Waals surface area (Å²) in [4.78, 5) is 0. The molecule has 0 amide bonds. The Morgan fingerprint density at radius 2 is 1.76 bits per heavy atom. The van der Waals surface area contributed by atoms with Gasteiger partial charge in [-0.3, -0.25) is 0 Å². The summed E-state index contributed by atoms with van der Waals surface area (Å²) in [6.45, 7) is 11.2. The first-order valence-electron chi connectivity index (χ1n) is 7.16. The van der Waals surface area contributed by atoms with Gasteiger partial charge in [-0.2, -0.15) is 5.10 Å². The van der Waals surface area contributed by atoms with Gasteiger partial charge in [-0.05, 0) is 63.9 Å². The van der Waals surface area contributed by atoms with Crippen LogP contribution in [0.15, 0.2) is 30.3 Å². The number of rotatable bonds is 4. The van der Waals surface area contributed by atoms with E-state index in [-0.39, 0.29) is 5.54 Å². The van der Waals surface area contributed by atoms with E-state index in [1.54, 1.807) is 0 Å². The van der Waals surface area contributed by atoms with Crippen LogP contribution in [-0.4, -0.2) is 15.7 Å². The van der Waals surface area contributed by atoms with Gasteiger partial charge in [-0.15, -0.1) is 5.10 Å². The fourth-order valence-corrected chi connectivity index (χ4v) is 1.75. The summed E-state index contributed by atoms with van der Waals surface area (Å²) in [6.07, 6.45) is 0. The Hall–Kier alpha value is -1.94. The lowest BCUT2D eigenvalue weighted by atomic mass is 10.1.